The first-order chi connectivity index (χ1) is 18.6. The van der Waals surface area contributed by atoms with Crippen LogP contribution in [0.1, 0.15) is 48.1 Å². The van der Waals surface area contributed by atoms with Crippen LogP contribution in [0.3, 0.4) is 0 Å². The molecule has 1 N–H and O–H groups in total. The highest BCUT2D eigenvalue weighted by Crippen LogP contribution is 2.28. The van der Waals surface area contributed by atoms with Crippen LogP contribution in [0.2, 0.25) is 0 Å². The molecular weight excluding hydrogens is 496 g/mol. The molecule has 0 unspecified atom stereocenters. The van der Waals surface area contributed by atoms with Crippen LogP contribution in [-0.4, -0.2) is 47.3 Å². The second-order valence-electron chi connectivity index (χ2n) is 10.3. The molecule has 0 bridgehead atoms. The van der Waals surface area contributed by atoms with Gasteiger partial charge >= 0.3 is 0 Å². The molecule has 0 fully saturated rings. The van der Waals surface area contributed by atoms with Gasteiger partial charge in [-0.05, 0) is 42.8 Å². The Bertz CT molecular complexity index is 1430. The van der Waals surface area contributed by atoms with Crippen molar-refractivity contribution in [3.63, 3.8) is 0 Å². The van der Waals surface area contributed by atoms with Gasteiger partial charge in [0.05, 0.1) is 38.4 Å². The van der Waals surface area contributed by atoms with E-state index >= 15 is 0 Å². The summed E-state index contributed by atoms with van der Waals surface area (Å²) in [7, 11) is 3.03. The van der Waals surface area contributed by atoms with Crippen molar-refractivity contribution in [2.24, 2.45) is 0 Å². The summed E-state index contributed by atoms with van der Waals surface area (Å²) in [6, 6.07) is 18.1. The SMILES string of the molecule is COc1cc(OC)cc(C(=O)N(CC(=O)Nc2cc(C(C)(C)C)nn2-c2ccccc2C)Cc2ccco2)c1. The predicted molar refractivity (Wildman–Crippen MR) is 149 cm³/mol. The molecule has 0 atom stereocenters. The van der Waals surface area contributed by atoms with Crippen molar-refractivity contribution in [3.8, 4) is 17.2 Å². The van der Waals surface area contributed by atoms with E-state index in [2.05, 4.69) is 26.1 Å². The van der Waals surface area contributed by atoms with Gasteiger partial charge in [-0.2, -0.15) is 5.10 Å². The molecule has 9 heteroatoms. The van der Waals surface area contributed by atoms with E-state index in [1.807, 2.05) is 37.3 Å². The Balaban J connectivity index is 1.64. The van der Waals surface area contributed by atoms with Crippen LogP contribution >= 0.6 is 0 Å². The number of carbonyl (C=O) groups is 2. The normalized spacial score (nSPS) is 11.2. The minimum atomic E-state index is -0.375. The zero-order valence-electron chi connectivity index (χ0n) is 23.1. The average Bonchev–Trinajstić information content (AvgIpc) is 3.58. The molecule has 2 heterocycles. The fourth-order valence-electron chi connectivity index (χ4n) is 4.08. The first-order valence-electron chi connectivity index (χ1n) is 12.6. The number of para-hydroxylation sites is 1. The zero-order chi connectivity index (χ0) is 28.2. The van der Waals surface area contributed by atoms with E-state index in [1.54, 1.807) is 35.0 Å². The van der Waals surface area contributed by atoms with E-state index in [0.717, 1.165) is 16.9 Å². The Morgan fingerprint density at radius 1 is 1.00 bits per heavy atom. The maximum atomic E-state index is 13.6. The van der Waals surface area contributed by atoms with E-state index in [9.17, 15) is 9.59 Å². The van der Waals surface area contributed by atoms with Gasteiger partial charge in [-0.3, -0.25) is 9.59 Å². The number of furan rings is 1. The summed E-state index contributed by atoms with van der Waals surface area (Å²) < 4.78 is 17.9. The lowest BCUT2D eigenvalue weighted by Gasteiger charge is -2.22. The van der Waals surface area contributed by atoms with E-state index in [-0.39, 0.29) is 30.3 Å². The van der Waals surface area contributed by atoms with Gasteiger partial charge in [0.1, 0.15) is 29.6 Å². The van der Waals surface area contributed by atoms with Crippen LogP contribution in [0.15, 0.2) is 71.3 Å². The van der Waals surface area contributed by atoms with Crippen molar-refractivity contribution < 1.29 is 23.5 Å². The van der Waals surface area contributed by atoms with Crippen LogP contribution in [-0.2, 0) is 16.8 Å². The number of aromatic nitrogens is 2. The molecule has 0 aliphatic rings. The van der Waals surface area contributed by atoms with Gasteiger partial charge in [0, 0.05) is 23.1 Å². The number of nitrogens with zero attached hydrogens (tertiary/aromatic N) is 3. The van der Waals surface area contributed by atoms with Crippen molar-refractivity contribution in [1.29, 1.82) is 0 Å². The number of methoxy groups -OCH3 is 2. The van der Waals surface area contributed by atoms with Crippen molar-refractivity contribution in [1.82, 2.24) is 14.7 Å². The van der Waals surface area contributed by atoms with Crippen LogP contribution < -0.4 is 14.8 Å². The number of nitrogens with one attached hydrogen (secondary N) is 1. The van der Waals surface area contributed by atoms with E-state index in [1.165, 1.54) is 25.4 Å². The van der Waals surface area contributed by atoms with Crippen LogP contribution in [0.25, 0.3) is 5.69 Å². The van der Waals surface area contributed by atoms with Gasteiger partial charge < -0.3 is 24.1 Å². The lowest BCUT2D eigenvalue weighted by molar-refractivity contribution is -0.117. The summed E-state index contributed by atoms with van der Waals surface area (Å²) in [6.45, 7) is 8.07. The number of hydrogen-bond acceptors (Lipinski definition) is 6. The maximum absolute atomic E-state index is 13.6. The Hall–Kier alpha value is -4.53. The topological polar surface area (TPSA) is 98.8 Å². The fraction of sp³-hybridized carbons (Fsp3) is 0.300. The molecule has 2 aromatic heterocycles. The molecule has 0 saturated carbocycles. The summed E-state index contributed by atoms with van der Waals surface area (Å²) in [5.74, 6) is 1.26. The molecule has 0 saturated heterocycles. The Kier molecular flexibility index (Phi) is 8.09. The van der Waals surface area contributed by atoms with Gasteiger partial charge in [-0.25, -0.2) is 4.68 Å². The molecule has 39 heavy (non-hydrogen) atoms. The molecule has 204 valence electrons. The molecule has 4 aromatic rings. The number of ether oxygens (including phenoxy) is 2. The van der Waals surface area contributed by atoms with Crippen molar-refractivity contribution >= 4 is 17.6 Å². The van der Waals surface area contributed by atoms with Gasteiger partial charge in [-0.15, -0.1) is 0 Å². The van der Waals surface area contributed by atoms with Gasteiger partial charge in [0.15, 0.2) is 0 Å². The maximum Gasteiger partial charge on any atom is 0.255 e. The largest absolute Gasteiger partial charge is 0.497 e. The summed E-state index contributed by atoms with van der Waals surface area (Å²) >= 11 is 0. The quantitative estimate of drug-likeness (QED) is 0.312. The van der Waals surface area contributed by atoms with E-state index in [0.29, 0.717) is 28.6 Å². The van der Waals surface area contributed by atoms with Gasteiger partial charge in [0.2, 0.25) is 5.91 Å². The summed E-state index contributed by atoms with van der Waals surface area (Å²) in [6.07, 6.45) is 1.53. The van der Waals surface area contributed by atoms with E-state index < -0.39 is 0 Å². The Morgan fingerprint density at radius 3 is 2.28 bits per heavy atom. The minimum absolute atomic E-state index is 0.100. The van der Waals surface area contributed by atoms with Crippen molar-refractivity contribution in [3.05, 3.63) is 89.5 Å². The number of carbonyl (C=O) groups excluding carboxylic acids is 2. The number of hydrogen-bond donors (Lipinski definition) is 1. The highest BCUT2D eigenvalue weighted by atomic mass is 16.5. The Labute approximate surface area is 228 Å². The second kappa shape index (κ2) is 11.5. The fourth-order valence-corrected chi connectivity index (χ4v) is 4.08. The first kappa shape index (κ1) is 27.5. The highest BCUT2D eigenvalue weighted by Gasteiger charge is 2.25. The summed E-state index contributed by atoms with van der Waals surface area (Å²) in [5, 5.41) is 7.78. The molecular formula is C30H34N4O5. The molecule has 0 radical (unpaired) electrons. The number of rotatable bonds is 9. The summed E-state index contributed by atoms with van der Waals surface area (Å²) in [5.41, 5.74) is 2.78. The minimum Gasteiger partial charge on any atom is -0.497 e. The summed E-state index contributed by atoms with van der Waals surface area (Å²) in [4.78, 5) is 28.5. The lowest BCUT2D eigenvalue weighted by atomic mass is 9.92. The molecule has 2 aromatic carbocycles. The smallest absolute Gasteiger partial charge is 0.255 e. The van der Waals surface area contributed by atoms with Crippen molar-refractivity contribution in [2.45, 2.75) is 39.7 Å². The average molecular weight is 531 g/mol. The lowest BCUT2D eigenvalue weighted by Crippen LogP contribution is -2.37. The van der Waals surface area contributed by atoms with E-state index in [4.69, 9.17) is 19.0 Å². The monoisotopic (exact) mass is 530 g/mol. The number of benzene rings is 2. The number of amides is 2. The molecule has 0 aliphatic heterocycles. The number of anilines is 1. The van der Waals surface area contributed by atoms with Crippen LogP contribution in [0.4, 0.5) is 5.82 Å². The Morgan fingerprint density at radius 2 is 1.69 bits per heavy atom. The molecule has 4 rings (SSSR count). The van der Waals surface area contributed by atoms with Crippen LogP contribution in [0.5, 0.6) is 11.5 Å². The molecule has 0 aliphatic carbocycles. The second-order valence-corrected chi connectivity index (χ2v) is 10.3. The highest BCUT2D eigenvalue weighted by molar-refractivity contribution is 5.99. The van der Waals surface area contributed by atoms with Crippen molar-refractivity contribution in [2.75, 3.05) is 26.1 Å². The molecule has 9 nitrogen and oxygen atoms in total. The number of aryl methyl sites for hydroxylation is 1. The first-order valence-corrected chi connectivity index (χ1v) is 12.6. The third kappa shape index (κ3) is 6.49. The third-order valence-corrected chi connectivity index (χ3v) is 6.24. The van der Waals surface area contributed by atoms with Crippen LogP contribution in [0, 0.1) is 6.92 Å². The molecule has 0 spiro atoms. The molecule has 2 amide bonds. The third-order valence-electron chi connectivity index (χ3n) is 6.24. The van der Waals surface area contributed by atoms with Gasteiger partial charge in [0.25, 0.3) is 5.91 Å². The van der Waals surface area contributed by atoms with Gasteiger partial charge in [-0.1, -0.05) is 39.0 Å². The standard InChI is InChI=1S/C30H34N4O5/c1-20-10-7-8-12-25(20)34-27(17-26(32-34)30(2,3)4)31-28(35)19-33(18-22-11-9-13-39-22)29(36)21-14-23(37-5)16-24(15-21)38-6/h7-17H,18-19H2,1-6H3,(H,31,35). The zero-order valence-corrected chi connectivity index (χ0v) is 23.1. The predicted octanol–water partition coefficient (Wildman–Crippen LogP) is 5.37.